The molecule has 1 heterocycles. The lowest BCUT2D eigenvalue weighted by Gasteiger charge is -2.16. The number of pyridine rings is 1. The van der Waals surface area contributed by atoms with Gasteiger partial charge in [0.2, 0.25) is 0 Å². The second kappa shape index (κ2) is 8.08. The average molecular weight is 261 g/mol. The molecule has 19 heavy (non-hydrogen) atoms. The maximum Gasteiger partial charge on any atom is 0.0544 e. The predicted octanol–water partition coefficient (Wildman–Crippen LogP) is 2.84. The standard InChI is InChI=1S/C16H27N3/c1-13(2)8-17-9-15-6-7-16(18-10-15)12-19(5)11-14(3)4/h6-7,10,13,17H,3,8-9,11-12H2,1-2,4-5H3. The summed E-state index contributed by atoms with van der Waals surface area (Å²) in [6.45, 7) is 14.1. The van der Waals surface area contributed by atoms with Crippen molar-refractivity contribution in [2.24, 2.45) is 5.92 Å². The molecule has 0 spiro atoms. The second-order valence-corrected chi connectivity index (χ2v) is 5.81. The van der Waals surface area contributed by atoms with Crippen LogP contribution in [0.4, 0.5) is 0 Å². The number of aromatic nitrogens is 1. The molecule has 0 amide bonds. The zero-order valence-electron chi connectivity index (χ0n) is 12.7. The number of hydrogen-bond donors (Lipinski definition) is 1. The monoisotopic (exact) mass is 261 g/mol. The fraction of sp³-hybridized carbons (Fsp3) is 0.562. The number of nitrogens with zero attached hydrogens (tertiary/aromatic N) is 2. The van der Waals surface area contributed by atoms with Gasteiger partial charge in [0, 0.05) is 25.8 Å². The van der Waals surface area contributed by atoms with E-state index in [1.165, 1.54) is 11.1 Å². The van der Waals surface area contributed by atoms with Crippen LogP contribution in [0.15, 0.2) is 30.5 Å². The van der Waals surface area contributed by atoms with Gasteiger partial charge in [-0.3, -0.25) is 9.88 Å². The average Bonchev–Trinajstić information content (AvgIpc) is 2.29. The van der Waals surface area contributed by atoms with E-state index in [9.17, 15) is 0 Å². The summed E-state index contributed by atoms with van der Waals surface area (Å²) in [6, 6.07) is 4.27. The Hall–Kier alpha value is -1.19. The van der Waals surface area contributed by atoms with Crippen molar-refractivity contribution in [2.45, 2.75) is 33.9 Å². The number of rotatable bonds is 8. The van der Waals surface area contributed by atoms with Crippen molar-refractivity contribution in [3.63, 3.8) is 0 Å². The van der Waals surface area contributed by atoms with E-state index >= 15 is 0 Å². The van der Waals surface area contributed by atoms with Crippen LogP contribution in [-0.4, -0.2) is 30.0 Å². The van der Waals surface area contributed by atoms with Crippen molar-refractivity contribution >= 4 is 0 Å². The Morgan fingerprint density at radius 3 is 2.68 bits per heavy atom. The van der Waals surface area contributed by atoms with Gasteiger partial charge in [-0.2, -0.15) is 0 Å². The lowest BCUT2D eigenvalue weighted by Crippen LogP contribution is -2.21. The molecule has 106 valence electrons. The van der Waals surface area contributed by atoms with Crippen molar-refractivity contribution in [3.8, 4) is 0 Å². The Morgan fingerprint density at radius 2 is 2.16 bits per heavy atom. The van der Waals surface area contributed by atoms with Gasteiger partial charge in [0.05, 0.1) is 5.69 Å². The molecule has 1 aromatic heterocycles. The lowest BCUT2D eigenvalue weighted by atomic mass is 10.2. The quantitative estimate of drug-likeness (QED) is 0.729. The summed E-state index contributed by atoms with van der Waals surface area (Å²) in [6.07, 6.45) is 1.97. The Bertz CT molecular complexity index is 381. The first-order valence-corrected chi connectivity index (χ1v) is 6.95. The highest BCUT2D eigenvalue weighted by atomic mass is 15.1. The highest BCUT2D eigenvalue weighted by Crippen LogP contribution is 2.04. The summed E-state index contributed by atoms with van der Waals surface area (Å²) in [5.74, 6) is 0.683. The van der Waals surface area contributed by atoms with Gasteiger partial charge in [-0.05, 0) is 38.1 Å². The fourth-order valence-corrected chi connectivity index (χ4v) is 1.95. The Kier molecular flexibility index (Phi) is 6.74. The van der Waals surface area contributed by atoms with Crippen molar-refractivity contribution in [1.29, 1.82) is 0 Å². The molecule has 0 aliphatic heterocycles. The zero-order chi connectivity index (χ0) is 14.3. The van der Waals surface area contributed by atoms with E-state index in [1.54, 1.807) is 0 Å². The molecule has 0 bridgehead atoms. The van der Waals surface area contributed by atoms with Gasteiger partial charge in [0.25, 0.3) is 0 Å². The smallest absolute Gasteiger partial charge is 0.0544 e. The first-order valence-electron chi connectivity index (χ1n) is 6.95. The Morgan fingerprint density at radius 1 is 1.42 bits per heavy atom. The van der Waals surface area contributed by atoms with Crippen molar-refractivity contribution in [2.75, 3.05) is 20.1 Å². The molecular formula is C16H27N3. The molecule has 0 saturated carbocycles. The minimum atomic E-state index is 0.683. The van der Waals surface area contributed by atoms with Crippen LogP contribution < -0.4 is 5.32 Å². The molecule has 0 fully saturated rings. The van der Waals surface area contributed by atoms with Gasteiger partial charge in [-0.1, -0.05) is 32.1 Å². The van der Waals surface area contributed by atoms with E-state index in [4.69, 9.17) is 0 Å². The van der Waals surface area contributed by atoms with Crippen LogP contribution in [0.5, 0.6) is 0 Å². The predicted molar refractivity (Wildman–Crippen MR) is 81.9 cm³/mol. The highest BCUT2D eigenvalue weighted by Gasteiger charge is 2.02. The van der Waals surface area contributed by atoms with Gasteiger partial charge < -0.3 is 5.32 Å². The van der Waals surface area contributed by atoms with Crippen LogP contribution in [0.3, 0.4) is 0 Å². The molecule has 1 N–H and O–H groups in total. The minimum Gasteiger partial charge on any atom is -0.312 e. The van der Waals surface area contributed by atoms with Gasteiger partial charge >= 0.3 is 0 Å². The number of hydrogen-bond acceptors (Lipinski definition) is 3. The summed E-state index contributed by atoms with van der Waals surface area (Å²) < 4.78 is 0. The van der Waals surface area contributed by atoms with Crippen LogP contribution in [0.25, 0.3) is 0 Å². The van der Waals surface area contributed by atoms with E-state index in [-0.39, 0.29) is 0 Å². The third kappa shape index (κ3) is 7.09. The fourth-order valence-electron chi connectivity index (χ4n) is 1.95. The normalized spacial score (nSPS) is 11.3. The van der Waals surface area contributed by atoms with E-state index in [1.807, 2.05) is 13.1 Å². The molecule has 0 aliphatic rings. The summed E-state index contributed by atoms with van der Waals surface area (Å²) >= 11 is 0. The molecule has 3 nitrogen and oxygen atoms in total. The van der Waals surface area contributed by atoms with Gasteiger partial charge in [0.1, 0.15) is 0 Å². The minimum absolute atomic E-state index is 0.683. The van der Waals surface area contributed by atoms with E-state index in [2.05, 4.69) is 54.8 Å². The van der Waals surface area contributed by atoms with E-state index < -0.39 is 0 Å². The van der Waals surface area contributed by atoms with Crippen LogP contribution in [0.1, 0.15) is 32.0 Å². The summed E-state index contributed by atoms with van der Waals surface area (Å²) in [5, 5.41) is 3.43. The zero-order valence-corrected chi connectivity index (χ0v) is 12.7. The molecule has 1 aromatic rings. The second-order valence-electron chi connectivity index (χ2n) is 5.81. The largest absolute Gasteiger partial charge is 0.312 e. The van der Waals surface area contributed by atoms with Crippen molar-refractivity contribution < 1.29 is 0 Å². The topological polar surface area (TPSA) is 28.2 Å². The van der Waals surface area contributed by atoms with Crippen LogP contribution in [0, 0.1) is 5.92 Å². The summed E-state index contributed by atoms with van der Waals surface area (Å²) in [5.41, 5.74) is 3.53. The Labute approximate surface area is 117 Å². The third-order valence-electron chi connectivity index (χ3n) is 2.74. The van der Waals surface area contributed by atoms with Crippen LogP contribution >= 0.6 is 0 Å². The van der Waals surface area contributed by atoms with Gasteiger partial charge in [-0.25, -0.2) is 0 Å². The molecule has 1 rings (SSSR count). The molecular weight excluding hydrogens is 234 g/mol. The summed E-state index contributed by atoms with van der Waals surface area (Å²) in [7, 11) is 2.09. The molecule has 0 aliphatic carbocycles. The molecule has 0 saturated heterocycles. The third-order valence-corrected chi connectivity index (χ3v) is 2.74. The van der Waals surface area contributed by atoms with Crippen LogP contribution in [0.2, 0.25) is 0 Å². The molecule has 0 unspecified atom stereocenters. The van der Waals surface area contributed by atoms with E-state index in [0.717, 1.165) is 31.9 Å². The maximum atomic E-state index is 4.51. The Balaban J connectivity index is 2.40. The number of likely N-dealkylation sites (N-methyl/N-ethyl adjacent to an activating group) is 1. The molecule has 0 aromatic carbocycles. The van der Waals surface area contributed by atoms with Crippen molar-refractivity contribution in [1.82, 2.24) is 15.2 Å². The first kappa shape index (κ1) is 15.9. The highest BCUT2D eigenvalue weighted by molar-refractivity contribution is 5.14. The maximum absolute atomic E-state index is 4.51. The van der Waals surface area contributed by atoms with Gasteiger partial charge in [-0.15, -0.1) is 0 Å². The molecule has 0 atom stereocenters. The van der Waals surface area contributed by atoms with Crippen LogP contribution in [-0.2, 0) is 13.1 Å². The first-order chi connectivity index (χ1) is 8.97. The molecule has 3 heteroatoms. The molecule has 0 radical (unpaired) electrons. The van der Waals surface area contributed by atoms with Gasteiger partial charge in [0.15, 0.2) is 0 Å². The lowest BCUT2D eigenvalue weighted by molar-refractivity contribution is 0.351. The SMILES string of the molecule is C=C(C)CN(C)Cc1ccc(CNCC(C)C)cn1. The summed E-state index contributed by atoms with van der Waals surface area (Å²) in [4.78, 5) is 6.74. The van der Waals surface area contributed by atoms with E-state index in [0.29, 0.717) is 5.92 Å². The van der Waals surface area contributed by atoms with Crippen molar-refractivity contribution in [3.05, 3.63) is 41.7 Å². The number of nitrogens with one attached hydrogen (secondary N) is 1.